The minimum Gasteiger partial charge on any atom is -0.455 e. The van der Waals surface area contributed by atoms with E-state index in [1.165, 1.54) is 4.90 Å². The van der Waals surface area contributed by atoms with E-state index in [4.69, 9.17) is 22.1 Å². The summed E-state index contributed by atoms with van der Waals surface area (Å²) in [7, 11) is 0. The lowest BCUT2D eigenvalue weighted by molar-refractivity contribution is -0.152. The normalized spacial score (nSPS) is 11.3. The molecule has 0 aliphatic heterocycles. The largest absolute Gasteiger partial charge is 0.455 e. The van der Waals surface area contributed by atoms with E-state index in [2.05, 4.69) is 11.9 Å². The Balaban J connectivity index is 2.66. The van der Waals surface area contributed by atoms with Gasteiger partial charge in [-0.3, -0.25) is 9.59 Å². The van der Waals surface area contributed by atoms with E-state index >= 15 is 0 Å². The van der Waals surface area contributed by atoms with Crippen LogP contribution >= 0.6 is 11.6 Å². The van der Waals surface area contributed by atoms with Crippen molar-refractivity contribution in [3.8, 4) is 0 Å². The Bertz CT molecular complexity index is 661. The number of benzene rings is 1. The van der Waals surface area contributed by atoms with Crippen LogP contribution < -0.4 is 11.1 Å². The van der Waals surface area contributed by atoms with Crippen LogP contribution in [0.15, 0.2) is 36.4 Å². The number of likely N-dealkylation sites (N-methyl/N-ethyl adjacent to an activating group) is 1. The summed E-state index contributed by atoms with van der Waals surface area (Å²) in [6, 6.07) is 5.17. The van der Waals surface area contributed by atoms with Crippen LogP contribution in [-0.2, 0) is 14.3 Å². The monoisotopic (exact) mass is 381 g/mol. The van der Waals surface area contributed by atoms with Gasteiger partial charge in [-0.15, -0.1) is 0 Å². The number of nitrogens with zero attached hydrogens (tertiary/aromatic N) is 1. The van der Waals surface area contributed by atoms with Crippen molar-refractivity contribution in [1.82, 2.24) is 10.2 Å². The quantitative estimate of drug-likeness (QED) is 0.506. The topological polar surface area (TPSA) is 102 Å². The number of nitrogens with two attached hydrogens (primary N) is 1. The first-order valence-corrected chi connectivity index (χ1v) is 8.50. The average molecular weight is 382 g/mol. The number of carbonyl (C=O) groups is 3. The fraction of sp³-hybridized carbons (Fsp3) is 0.389. The van der Waals surface area contributed by atoms with Crippen molar-refractivity contribution < 1.29 is 19.1 Å². The Morgan fingerprint density at radius 1 is 1.31 bits per heavy atom. The standard InChI is InChI=1S/C18H24ClN3O4/c1-4-22(10-12(2)3)16(23)11-26-17(24)9-15(21-18(20)25)13-5-7-14(19)8-6-13/h5-8,15H,2,4,9-11H2,1,3H3,(H3,20,21,25). The van der Waals surface area contributed by atoms with Crippen LogP contribution in [0.3, 0.4) is 0 Å². The van der Waals surface area contributed by atoms with E-state index in [1.54, 1.807) is 24.3 Å². The molecule has 0 radical (unpaired) electrons. The third-order valence-corrected chi connectivity index (χ3v) is 3.76. The molecule has 0 saturated carbocycles. The first-order valence-electron chi connectivity index (χ1n) is 8.12. The van der Waals surface area contributed by atoms with E-state index in [0.717, 1.165) is 5.57 Å². The van der Waals surface area contributed by atoms with E-state index in [0.29, 0.717) is 23.7 Å². The minimum atomic E-state index is -0.771. The number of hydrogen-bond acceptors (Lipinski definition) is 4. The molecule has 8 heteroatoms. The van der Waals surface area contributed by atoms with Crippen LogP contribution in [0.2, 0.25) is 5.02 Å². The predicted octanol–water partition coefficient (Wildman–Crippen LogP) is 2.41. The maximum atomic E-state index is 12.1. The second-order valence-electron chi connectivity index (χ2n) is 5.84. The van der Waals surface area contributed by atoms with Crippen LogP contribution in [0.1, 0.15) is 31.9 Å². The summed E-state index contributed by atoms with van der Waals surface area (Å²) in [5.41, 5.74) is 6.65. The van der Waals surface area contributed by atoms with Crippen LogP contribution in [0.4, 0.5) is 4.79 Å². The number of nitrogens with one attached hydrogen (secondary N) is 1. The molecule has 3 amide bonds. The number of esters is 1. The van der Waals surface area contributed by atoms with Crippen molar-refractivity contribution in [1.29, 1.82) is 0 Å². The lowest BCUT2D eigenvalue weighted by Crippen LogP contribution is -2.37. The van der Waals surface area contributed by atoms with Gasteiger partial charge in [0.2, 0.25) is 0 Å². The molecule has 26 heavy (non-hydrogen) atoms. The molecule has 0 heterocycles. The number of carbonyl (C=O) groups excluding carboxylic acids is 3. The van der Waals surface area contributed by atoms with Crippen molar-refractivity contribution in [2.45, 2.75) is 26.3 Å². The van der Waals surface area contributed by atoms with Crippen LogP contribution in [0.5, 0.6) is 0 Å². The smallest absolute Gasteiger partial charge is 0.312 e. The van der Waals surface area contributed by atoms with Crippen molar-refractivity contribution in [3.05, 3.63) is 47.0 Å². The van der Waals surface area contributed by atoms with Crippen LogP contribution in [-0.4, -0.2) is 42.5 Å². The van der Waals surface area contributed by atoms with Gasteiger partial charge >= 0.3 is 12.0 Å². The molecule has 1 atom stereocenters. The van der Waals surface area contributed by atoms with Gasteiger partial charge in [-0.25, -0.2) is 4.79 Å². The van der Waals surface area contributed by atoms with E-state index < -0.39 is 18.0 Å². The first kappa shape index (κ1) is 21.5. The third kappa shape index (κ3) is 7.57. The summed E-state index contributed by atoms with van der Waals surface area (Å²) < 4.78 is 5.05. The zero-order chi connectivity index (χ0) is 19.7. The van der Waals surface area contributed by atoms with Gasteiger partial charge in [-0.05, 0) is 31.5 Å². The Labute approximate surface area is 158 Å². The number of rotatable bonds is 9. The molecule has 1 aromatic rings. The molecule has 0 aliphatic carbocycles. The zero-order valence-corrected chi connectivity index (χ0v) is 15.7. The highest BCUT2D eigenvalue weighted by Crippen LogP contribution is 2.20. The molecular weight excluding hydrogens is 358 g/mol. The van der Waals surface area contributed by atoms with Gasteiger partial charge in [0.25, 0.3) is 5.91 Å². The van der Waals surface area contributed by atoms with Gasteiger partial charge in [0.1, 0.15) is 0 Å². The second-order valence-corrected chi connectivity index (χ2v) is 6.28. The Morgan fingerprint density at radius 2 is 1.92 bits per heavy atom. The molecule has 0 spiro atoms. The molecule has 0 aromatic heterocycles. The van der Waals surface area contributed by atoms with Gasteiger partial charge in [-0.2, -0.15) is 0 Å². The Hall–Kier alpha value is -2.54. The molecule has 1 aromatic carbocycles. The average Bonchev–Trinajstić information content (AvgIpc) is 2.57. The third-order valence-electron chi connectivity index (χ3n) is 3.51. The lowest BCUT2D eigenvalue weighted by Gasteiger charge is -2.21. The number of amides is 3. The van der Waals surface area contributed by atoms with Gasteiger partial charge in [0.15, 0.2) is 6.61 Å². The molecule has 0 bridgehead atoms. The molecule has 1 unspecified atom stereocenters. The molecule has 142 valence electrons. The summed E-state index contributed by atoms with van der Waals surface area (Å²) in [6.45, 7) is 7.93. The summed E-state index contributed by atoms with van der Waals surface area (Å²) in [5.74, 6) is -0.937. The molecule has 3 N–H and O–H groups in total. The second kappa shape index (κ2) is 10.5. The van der Waals surface area contributed by atoms with E-state index in [9.17, 15) is 14.4 Å². The zero-order valence-electron chi connectivity index (χ0n) is 15.0. The molecule has 1 rings (SSSR count). The lowest BCUT2D eigenvalue weighted by atomic mass is 10.0. The molecular formula is C18H24ClN3O4. The maximum absolute atomic E-state index is 12.1. The Kier molecular flexibility index (Phi) is 8.64. The molecule has 0 saturated heterocycles. The molecule has 7 nitrogen and oxygen atoms in total. The fourth-order valence-electron chi connectivity index (χ4n) is 2.28. The Morgan fingerprint density at radius 3 is 2.42 bits per heavy atom. The van der Waals surface area contributed by atoms with E-state index in [-0.39, 0.29) is 18.9 Å². The highest BCUT2D eigenvalue weighted by Gasteiger charge is 2.20. The predicted molar refractivity (Wildman–Crippen MR) is 99.6 cm³/mol. The van der Waals surface area contributed by atoms with Gasteiger partial charge in [0, 0.05) is 18.1 Å². The first-order chi connectivity index (χ1) is 12.2. The number of primary amides is 1. The SMILES string of the molecule is C=C(C)CN(CC)C(=O)COC(=O)CC(NC(N)=O)c1ccc(Cl)cc1. The van der Waals surface area contributed by atoms with E-state index in [1.807, 2.05) is 13.8 Å². The van der Waals surface area contributed by atoms with Crippen molar-refractivity contribution in [2.75, 3.05) is 19.7 Å². The van der Waals surface area contributed by atoms with Crippen LogP contribution in [0, 0.1) is 0 Å². The summed E-state index contributed by atoms with van der Waals surface area (Å²) in [4.78, 5) is 36.9. The van der Waals surface area contributed by atoms with Crippen molar-refractivity contribution in [3.63, 3.8) is 0 Å². The van der Waals surface area contributed by atoms with Gasteiger partial charge in [-0.1, -0.05) is 35.9 Å². The highest BCUT2D eigenvalue weighted by atomic mass is 35.5. The summed E-state index contributed by atoms with van der Waals surface area (Å²) in [6.07, 6.45) is -0.162. The number of hydrogen-bond donors (Lipinski definition) is 2. The minimum absolute atomic E-state index is 0.162. The molecule has 0 aliphatic rings. The fourth-order valence-corrected chi connectivity index (χ4v) is 2.41. The summed E-state index contributed by atoms with van der Waals surface area (Å²) >= 11 is 5.84. The van der Waals surface area contributed by atoms with Gasteiger partial charge < -0.3 is 20.7 Å². The maximum Gasteiger partial charge on any atom is 0.312 e. The van der Waals surface area contributed by atoms with Crippen molar-refractivity contribution in [2.24, 2.45) is 5.73 Å². The van der Waals surface area contributed by atoms with Crippen LogP contribution in [0.25, 0.3) is 0 Å². The number of halogens is 1. The molecule has 0 fully saturated rings. The number of urea groups is 1. The number of ether oxygens (including phenoxy) is 1. The summed E-state index contributed by atoms with van der Waals surface area (Å²) in [5, 5.41) is 3.01. The highest BCUT2D eigenvalue weighted by molar-refractivity contribution is 6.30. The van der Waals surface area contributed by atoms with Crippen molar-refractivity contribution >= 4 is 29.5 Å². The van der Waals surface area contributed by atoms with Gasteiger partial charge in [0.05, 0.1) is 12.5 Å².